The standard InChI is InChI=1S/C19H29N3O3/c1-14-6-5-9-22(12-14)19(2,3)13-21-17(24)11-20-18(25)15-7-4-8-16(23)10-15/h4,7-8,10,14,23H,5-6,9,11-13H2,1-3H3,(H,20,25)(H,21,24). The number of hydrogen-bond donors (Lipinski definition) is 3. The Labute approximate surface area is 149 Å². The molecule has 1 aromatic carbocycles. The van der Waals surface area contributed by atoms with Gasteiger partial charge in [-0.1, -0.05) is 13.0 Å². The maximum Gasteiger partial charge on any atom is 0.251 e. The van der Waals surface area contributed by atoms with E-state index in [1.807, 2.05) is 0 Å². The highest BCUT2D eigenvalue weighted by atomic mass is 16.3. The molecule has 2 rings (SSSR count). The first-order valence-electron chi connectivity index (χ1n) is 8.87. The summed E-state index contributed by atoms with van der Waals surface area (Å²) >= 11 is 0. The molecule has 1 heterocycles. The van der Waals surface area contributed by atoms with E-state index in [0.717, 1.165) is 13.1 Å². The number of aromatic hydroxyl groups is 1. The number of likely N-dealkylation sites (tertiary alicyclic amines) is 1. The minimum absolute atomic E-state index is 0.0228. The van der Waals surface area contributed by atoms with Crippen LogP contribution in [0.5, 0.6) is 5.75 Å². The van der Waals surface area contributed by atoms with E-state index in [0.29, 0.717) is 18.0 Å². The van der Waals surface area contributed by atoms with Crippen molar-refractivity contribution in [2.24, 2.45) is 5.92 Å². The molecule has 1 atom stereocenters. The summed E-state index contributed by atoms with van der Waals surface area (Å²) in [6.45, 7) is 9.10. The van der Waals surface area contributed by atoms with Crippen molar-refractivity contribution in [3.05, 3.63) is 29.8 Å². The van der Waals surface area contributed by atoms with Gasteiger partial charge in [0.1, 0.15) is 5.75 Å². The largest absolute Gasteiger partial charge is 0.508 e. The lowest BCUT2D eigenvalue weighted by Crippen LogP contribution is -2.55. The molecule has 1 aliphatic rings. The number of hydrogen-bond acceptors (Lipinski definition) is 4. The number of nitrogens with one attached hydrogen (secondary N) is 2. The lowest BCUT2D eigenvalue weighted by Gasteiger charge is -2.43. The van der Waals surface area contributed by atoms with Crippen LogP contribution in [-0.2, 0) is 4.79 Å². The number of nitrogens with zero attached hydrogens (tertiary/aromatic N) is 1. The monoisotopic (exact) mass is 347 g/mol. The van der Waals surface area contributed by atoms with E-state index >= 15 is 0 Å². The molecule has 1 aliphatic heterocycles. The summed E-state index contributed by atoms with van der Waals surface area (Å²) in [5, 5.41) is 14.9. The van der Waals surface area contributed by atoms with Crippen LogP contribution in [0.2, 0.25) is 0 Å². The summed E-state index contributed by atoms with van der Waals surface area (Å²) in [4.78, 5) is 26.4. The second-order valence-corrected chi connectivity index (χ2v) is 7.52. The minimum atomic E-state index is -0.379. The van der Waals surface area contributed by atoms with Crippen LogP contribution in [-0.4, -0.2) is 53.5 Å². The molecule has 3 N–H and O–H groups in total. The molecular weight excluding hydrogens is 318 g/mol. The molecule has 6 nitrogen and oxygen atoms in total. The summed E-state index contributed by atoms with van der Waals surface area (Å²) in [5.74, 6) is 0.113. The molecule has 1 fully saturated rings. The van der Waals surface area contributed by atoms with Crippen molar-refractivity contribution in [2.45, 2.75) is 39.2 Å². The predicted molar refractivity (Wildman–Crippen MR) is 97.5 cm³/mol. The SMILES string of the molecule is CC1CCCN(C(C)(C)CNC(=O)CNC(=O)c2cccc(O)c2)C1. The highest BCUT2D eigenvalue weighted by Gasteiger charge is 2.30. The molecule has 6 heteroatoms. The molecule has 0 aliphatic carbocycles. The van der Waals surface area contributed by atoms with Gasteiger partial charge in [-0.15, -0.1) is 0 Å². The van der Waals surface area contributed by atoms with Crippen LogP contribution in [0.25, 0.3) is 0 Å². The second kappa shape index (κ2) is 8.34. The van der Waals surface area contributed by atoms with Gasteiger partial charge in [0.15, 0.2) is 0 Å². The van der Waals surface area contributed by atoms with E-state index in [1.54, 1.807) is 12.1 Å². The third-order valence-electron chi connectivity index (χ3n) is 4.75. The summed E-state index contributed by atoms with van der Waals surface area (Å²) in [6, 6.07) is 6.04. The average Bonchev–Trinajstić information content (AvgIpc) is 2.58. The van der Waals surface area contributed by atoms with Crippen LogP contribution >= 0.6 is 0 Å². The Morgan fingerprint density at radius 3 is 2.76 bits per heavy atom. The Bertz CT molecular complexity index is 616. The third kappa shape index (κ3) is 5.74. The number of amides is 2. The Hall–Kier alpha value is -2.08. The molecule has 1 unspecified atom stereocenters. The van der Waals surface area contributed by atoms with Crippen LogP contribution in [0.1, 0.15) is 44.0 Å². The fourth-order valence-electron chi connectivity index (χ4n) is 3.14. The van der Waals surface area contributed by atoms with E-state index in [1.165, 1.54) is 25.0 Å². The topological polar surface area (TPSA) is 81.7 Å². The normalized spacial score (nSPS) is 18.6. The highest BCUT2D eigenvalue weighted by molar-refractivity contribution is 5.96. The number of benzene rings is 1. The van der Waals surface area contributed by atoms with Crippen molar-refractivity contribution < 1.29 is 14.7 Å². The summed E-state index contributed by atoms with van der Waals surface area (Å²) < 4.78 is 0. The summed E-state index contributed by atoms with van der Waals surface area (Å²) in [7, 11) is 0. The average molecular weight is 347 g/mol. The molecule has 2 amide bonds. The minimum Gasteiger partial charge on any atom is -0.508 e. The number of carbonyl (C=O) groups excluding carboxylic acids is 2. The second-order valence-electron chi connectivity index (χ2n) is 7.52. The van der Waals surface area contributed by atoms with Gasteiger partial charge in [-0.05, 0) is 57.4 Å². The van der Waals surface area contributed by atoms with Crippen molar-refractivity contribution in [3.8, 4) is 5.75 Å². The Balaban J connectivity index is 1.77. The van der Waals surface area contributed by atoms with Gasteiger partial charge in [0, 0.05) is 24.2 Å². The molecule has 138 valence electrons. The van der Waals surface area contributed by atoms with Crippen LogP contribution in [0, 0.1) is 5.92 Å². The van der Waals surface area contributed by atoms with Crippen molar-refractivity contribution >= 4 is 11.8 Å². The molecule has 25 heavy (non-hydrogen) atoms. The van der Waals surface area contributed by atoms with E-state index in [4.69, 9.17) is 0 Å². The van der Waals surface area contributed by atoms with Gasteiger partial charge in [-0.3, -0.25) is 14.5 Å². The van der Waals surface area contributed by atoms with E-state index < -0.39 is 0 Å². The first kappa shape index (κ1) is 19.2. The predicted octanol–water partition coefficient (Wildman–Crippen LogP) is 1.75. The van der Waals surface area contributed by atoms with Gasteiger partial charge in [0.2, 0.25) is 5.91 Å². The van der Waals surface area contributed by atoms with Crippen LogP contribution in [0.4, 0.5) is 0 Å². The van der Waals surface area contributed by atoms with E-state index in [2.05, 4.69) is 36.3 Å². The van der Waals surface area contributed by atoms with Crippen LogP contribution in [0.3, 0.4) is 0 Å². The van der Waals surface area contributed by atoms with E-state index in [9.17, 15) is 14.7 Å². The zero-order valence-electron chi connectivity index (χ0n) is 15.3. The quantitative estimate of drug-likeness (QED) is 0.732. The Morgan fingerprint density at radius 2 is 2.08 bits per heavy atom. The summed E-state index contributed by atoms with van der Waals surface area (Å²) in [6.07, 6.45) is 2.46. The van der Waals surface area contributed by atoms with Gasteiger partial charge in [0.05, 0.1) is 6.54 Å². The van der Waals surface area contributed by atoms with Gasteiger partial charge in [-0.2, -0.15) is 0 Å². The van der Waals surface area contributed by atoms with Gasteiger partial charge < -0.3 is 15.7 Å². The number of rotatable bonds is 6. The van der Waals surface area contributed by atoms with Crippen molar-refractivity contribution in [1.29, 1.82) is 0 Å². The third-order valence-corrected chi connectivity index (χ3v) is 4.75. The first-order chi connectivity index (χ1) is 11.8. The summed E-state index contributed by atoms with van der Waals surface area (Å²) in [5.41, 5.74) is 0.218. The molecule has 0 aromatic heterocycles. The Morgan fingerprint density at radius 1 is 1.32 bits per heavy atom. The molecule has 0 spiro atoms. The number of carbonyl (C=O) groups is 2. The number of phenols is 1. The van der Waals surface area contributed by atoms with E-state index in [-0.39, 0.29) is 29.6 Å². The fraction of sp³-hybridized carbons (Fsp3) is 0.579. The smallest absolute Gasteiger partial charge is 0.251 e. The lowest BCUT2D eigenvalue weighted by atomic mass is 9.93. The molecule has 1 aromatic rings. The van der Waals surface area contributed by atoms with Gasteiger partial charge in [0.25, 0.3) is 5.91 Å². The molecule has 0 bridgehead atoms. The zero-order chi connectivity index (χ0) is 18.4. The van der Waals surface area contributed by atoms with Crippen molar-refractivity contribution in [1.82, 2.24) is 15.5 Å². The van der Waals surface area contributed by atoms with Crippen molar-refractivity contribution in [2.75, 3.05) is 26.2 Å². The van der Waals surface area contributed by atoms with Crippen LogP contribution < -0.4 is 10.6 Å². The first-order valence-corrected chi connectivity index (χ1v) is 8.87. The lowest BCUT2D eigenvalue weighted by molar-refractivity contribution is -0.120. The Kier molecular flexibility index (Phi) is 6.42. The molecular formula is C19H29N3O3. The van der Waals surface area contributed by atoms with Gasteiger partial charge >= 0.3 is 0 Å². The van der Waals surface area contributed by atoms with Gasteiger partial charge in [-0.25, -0.2) is 0 Å². The molecule has 1 saturated heterocycles. The number of piperidine rings is 1. The van der Waals surface area contributed by atoms with Crippen molar-refractivity contribution in [3.63, 3.8) is 0 Å². The molecule has 0 radical (unpaired) electrons. The maximum absolute atomic E-state index is 12.0. The highest BCUT2D eigenvalue weighted by Crippen LogP contribution is 2.23. The maximum atomic E-state index is 12.0. The number of phenolic OH excluding ortho intramolecular Hbond substituents is 1. The molecule has 0 saturated carbocycles. The fourth-order valence-corrected chi connectivity index (χ4v) is 3.14. The van der Waals surface area contributed by atoms with Crippen LogP contribution in [0.15, 0.2) is 24.3 Å². The zero-order valence-corrected chi connectivity index (χ0v) is 15.3.